The van der Waals surface area contributed by atoms with Gasteiger partial charge in [0.05, 0.1) is 0 Å². The van der Waals surface area contributed by atoms with Gasteiger partial charge in [-0.05, 0) is 56.3 Å². The van der Waals surface area contributed by atoms with Crippen LogP contribution in [0.15, 0.2) is 12.2 Å². The molecular weight excluding hydrogens is 359 g/mol. The van der Waals surface area contributed by atoms with Gasteiger partial charge in [0.15, 0.2) is 6.10 Å². The Labute approximate surface area is 148 Å². The summed E-state index contributed by atoms with van der Waals surface area (Å²) < 4.78 is 72.8. The normalized spacial score (nSPS) is 35.9. The summed E-state index contributed by atoms with van der Waals surface area (Å²) in [5.74, 6) is -7.08. The fourth-order valence-corrected chi connectivity index (χ4v) is 5.41. The lowest BCUT2D eigenvalue weighted by Crippen LogP contribution is -2.63. The number of carbonyl (C=O) groups excluding carboxylic acids is 1. The summed E-state index contributed by atoms with van der Waals surface area (Å²) in [4.78, 5) is 11.9. The van der Waals surface area contributed by atoms with E-state index in [0.29, 0.717) is 25.7 Å². The van der Waals surface area contributed by atoms with Crippen molar-refractivity contribution in [3.05, 3.63) is 12.2 Å². The van der Waals surface area contributed by atoms with Crippen LogP contribution in [0.1, 0.15) is 45.4 Å². The van der Waals surface area contributed by atoms with Gasteiger partial charge in [0.25, 0.3) is 0 Å². The first kappa shape index (κ1) is 19.6. The third kappa shape index (κ3) is 3.14. The molecule has 3 bridgehead atoms. The smallest absolute Gasteiger partial charge is 0.420 e. The van der Waals surface area contributed by atoms with Crippen molar-refractivity contribution in [3.63, 3.8) is 0 Å². The monoisotopic (exact) mass is 382 g/mol. The van der Waals surface area contributed by atoms with Crippen LogP contribution >= 0.6 is 0 Å². The Bertz CT molecular complexity index is 594. The molecule has 1 N–H and O–H groups in total. The summed E-state index contributed by atoms with van der Waals surface area (Å²) in [5, 5.41) is 9.30. The van der Waals surface area contributed by atoms with Crippen molar-refractivity contribution in [1.82, 2.24) is 0 Å². The maximum atomic E-state index is 14.7. The van der Waals surface area contributed by atoms with Gasteiger partial charge in [0.1, 0.15) is 0 Å². The van der Waals surface area contributed by atoms with Crippen LogP contribution in [0.5, 0.6) is 0 Å². The molecule has 4 rings (SSSR count). The van der Waals surface area contributed by atoms with Crippen LogP contribution in [0.2, 0.25) is 0 Å². The minimum absolute atomic E-state index is 0.130. The summed E-state index contributed by atoms with van der Waals surface area (Å²) in [7, 11) is 0. The highest BCUT2D eigenvalue weighted by molar-refractivity contribution is 5.87. The highest BCUT2D eigenvalue weighted by Gasteiger charge is 2.67. The number of esters is 1. The maximum Gasteiger partial charge on any atom is 0.420 e. The van der Waals surface area contributed by atoms with E-state index in [4.69, 9.17) is 4.74 Å². The summed E-state index contributed by atoms with van der Waals surface area (Å²) >= 11 is 0. The lowest BCUT2D eigenvalue weighted by molar-refractivity contribution is -0.309. The lowest BCUT2D eigenvalue weighted by atomic mass is 9.42. The molecule has 4 saturated carbocycles. The average Bonchev–Trinajstić information content (AvgIpc) is 2.50. The fourth-order valence-electron chi connectivity index (χ4n) is 5.41. The molecule has 4 aliphatic rings. The van der Waals surface area contributed by atoms with Gasteiger partial charge in [0.2, 0.25) is 6.10 Å². The number of aliphatic hydroxyl groups excluding tert-OH is 1. The molecule has 4 atom stereocenters. The van der Waals surface area contributed by atoms with Gasteiger partial charge < -0.3 is 9.84 Å². The third-order valence-electron chi connectivity index (χ3n) is 6.44. The zero-order valence-corrected chi connectivity index (χ0v) is 14.5. The second-order valence-corrected chi connectivity index (χ2v) is 8.33. The molecule has 4 fully saturated rings. The lowest BCUT2D eigenvalue weighted by Gasteiger charge is -2.63. The highest BCUT2D eigenvalue weighted by atomic mass is 19.4. The van der Waals surface area contributed by atoms with E-state index < -0.39 is 36.2 Å². The number of hydrogen-bond acceptors (Lipinski definition) is 3. The van der Waals surface area contributed by atoms with Gasteiger partial charge in [-0.25, -0.2) is 4.79 Å². The SMILES string of the molecule is C=C(C)C(=O)OC(C1C2CCCC3(C2)CC1C3)C(F)(F)C(O)C(F)(F)F. The molecule has 8 heteroatoms. The van der Waals surface area contributed by atoms with E-state index in [1.165, 1.54) is 6.92 Å². The van der Waals surface area contributed by atoms with Crippen molar-refractivity contribution in [3.8, 4) is 0 Å². The quantitative estimate of drug-likeness (QED) is 0.439. The Hall–Kier alpha value is -1.18. The number of hydrogen-bond donors (Lipinski definition) is 1. The number of rotatable bonds is 5. The molecule has 3 nitrogen and oxygen atoms in total. The van der Waals surface area contributed by atoms with Crippen molar-refractivity contribution in [2.45, 2.75) is 69.8 Å². The molecule has 26 heavy (non-hydrogen) atoms. The fraction of sp³-hybridized carbons (Fsp3) is 0.833. The summed E-state index contributed by atoms with van der Waals surface area (Å²) in [6, 6.07) is 0. The van der Waals surface area contributed by atoms with Crippen molar-refractivity contribution >= 4 is 5.97 Å². The highest BCUT2D eigenvalue weighted by Crippen LogP contribution is 2.67. The van der Waals surface area contributed by atoms with Crippen LogP contribution in [-0.4, -0.2) is 35.4 Å². The van der Waals surface area contributed by atoms with Crippen molar-refractivity contribution in [2.24, 2.45) is 23.2 Å². The second-order valence-electron chi connectivity index (χ2n) is 8.33. The molecule has 4 unspecified atom stereocenters. The van der Waals surface area contributed by atoms with Crippen LogP contribution in [0.4, 0.5) is 22.0 Å². The molecule has 0 aromatic heterocycles. The zero-order chi connectivity index (χ0) is 19.5. The number of alkyl halides is 5. The van der Waals surface area contributed by atoms with E-state index in [0.717, 1.165) is 12.8 Å². The van der Waals surface area contributed by atoms with E-state index in [-0.39, 0.29) is 22.8 Å². The van der Waals surface area contributed by atoms with Crippen molar-refractivity contribution < 1.29 is 36.6 Å². The molecule has 0 amide bonds. The molecule has 0 aromatic rings. The molecule has 0 heterocycles. The predicted molar refractivity (Wildman–Crippen MR) is 82.3 cm³/mol. The number of halogens is 5. The predicted octanol–water partition coefficient (Wildman–Crippen LogP) is 4.25. The minimum Gasteiger partial charge on any atom is -0.452 e. The third-order valence-corrected chi connectivity index (χ3v) is 6.44. The minimum atomic E-state index is -5.51. The maximum absolute atomic E-state index is 14.7. The largest absolute Gasteiger partial charge is 0.452 e. The molecule has 0 aromatic carbocycles. The van der Waals surface area contributed by atoms with Gasteiger partial charge >= 0.3 is 18.1 Å². The molecule has 4 aliphatic carbocycles. The van der Waals surface area contributed by atoms with E-state index in [2.05, 4.69) is 6.58 Å². The number of aliphatic hydroxyl groups is 1. The number of ether oxygens (including phenoxy) is 1. The van der Waals surface area contributed by atoms with Crippen molar-refractivity contribution in [2.75, 3.05) is 0 Å². The zero-order valence-electron chi connectivity index (χ0n) is 14.5. The molecule has 0 aliphatic heterocycles. The van der Waals surface area contributed by atoms with Crippen LogP contribution < -0.4 is 0 Å². The first-order valence-electron chi connectivity index (χ1n) is 8.86. The van der Waals surface area contributed by atoms with E-state index >= 15 is 0 Å². The first-order chi connectivity index (χ1) is 11.9. The van der Waals surface area contributed by atoms with Gasteiger partial charge in [-0.2, -0.15) is 22.0 Å². The van der Waals surface area contributed by atoms with E-state index in [9.17, 15) is 31.9 Å². The topological polar surface area (TPSA) is 46.5 Å². The average molecular weight is 382 g/mol. The molecule has 0 saturated heterocycles. The van der Waals surface area contributed by atoms with Crippen molar-refractivity contribution in [1.29, 1.82) is 0 Å². The molecular formula is C18H23F5O3. The Kier molecular flexibility index (Phi) is 4.65. The van der Waals surface area contributed by atoms with Gasteiger partial charge in [-0.1, -0.05) is 13.0 Å². The van der Waals surface area contributed by atoms with Crippen LogP contribution in [0, 0.1) is 23.2 Å². The van der Waals surface area contributed by atoms with E-state index in [1.807, 2.05) is 0 Å². The Morgan fingerprint density at radius 3 is 2.31 bits per heavy atom. The van der Waals surface area contributed by atoms with Gasteiger partial charge in [-0.3, -0.25) is 0 Å². The van der Waals surface area contributed by atoms with Gasteiger partial charge in [0, 0.05) is 11.5 Å². The van der Waals surface area contributed by atoms with Crippen LogP contribution in [0.25, 0.3) is 0 Å². The van der Waals surface area contributed by atoms with Crippen LogP contribution in [0.3, 0.4) is 0 Å². The Morgan fingerprint density at radius 1 is 1.19 bits per heavy atom. The Balaban J connectivity index is 1.93. The summed E-state index contributed by atoms with van der Waals surface area (Å²) in [6.07, 6.45) is -7.20. The Morgan fingerprint density at radius 2 is 1.77 bits per heavy atom. The molecule has 148 valence electrons. The number of carbonyl (C=O) groups is 1. The summed E-state index contributed by atoms with van der Waals surface area (Å²) in [5.41, 5.74) is -0.0417. The standard InChI is InChI=1S/C18H23F5O3/c1-9(2)14(24)26-13(17(19,20)15(25)18(21,22)23)12-10-4-3-5-16(6-10)7-11(12)8-16/h10-13,15,25H,1,3-8H2,2H3. The first-order valence-corrected chi connectivity index (χ1v) is 8.86. The summed E-state index contributed by atoms with van der Waals surface area (Å²) in [6.45, 7) is 4.56. The van der Waals surface area contributed by atoms with E-state index in [1.54, 1.807) is 0 Å². The van der Waals surface area contributed by atoms with Gasteiger partial charge in [-0.15, -0.1) is 0 Å². The second kappa shape index (κ2) is 6.17. The molecule has 1 spiro atoms. The van der Waals surface area contributed by atoms with Crippen LogP contribution in [-0.2, 0) is 9.53 Å². The molecule has 0 radical (unpaired) electrons.